The van der Waals surface area contributed by atoms with Crippen molar-refractivity contribution in [1.29, 1.82) is 0 Å². The van der Waals surface area contributed by atoms with Crippen LogP contribution in [0.5, 0.6) is 0 Å². The van der Waals surface area contributed by atoms with Crippen LogP contribution in [0.3, 0.4) is 0 Å². The number of nitrogens with zero attached hydrogens (tertiary/aromatic N) is 1. The van der Waals surface area contributed by atoms with Crippen molar-refractivity contribution in [3.05, 3.63) is 62.8 Å². The molecule has 0 radical (unpaired) electrons. The highest BCUT2D eigenvalue weighted by Gasteiger charge is 2.37. The Morgan fingerprint density at radius 1 is 1.19 bits per heavy atom. The van der Waals surface area contributed by atoms with Gasteiger partial charge in [0.1, 0.15) is 11.6 Å². The lowest BCUT2D eigenvalue weighted by Gasteiger charge is -2.32. The second kappa shape index (κ2) is 6.96. The molecular weight excluding hydrogens is 365 g/mol. The minimum Gasteiger partial charge on any atom is -0.343 e. The topological polar surface area (TPSA) is 74.8 Å². The summed E-state index contributed by atoms with van der Waals surface area (Å²) in [6.07, 6.45) is 1.96. The smallest absolute Gasteiger partial charge is 0.257 e. The average Bonchev–Trinajstić information content (AvgIpc) is 2.60. The van der Waals surface area contributed by atoms with Gasteiger partial charge in [0.05, 0.1) is 5.56 Å². The van der Waals surface area contributed by atoms with Crippen molar-refractivity contribution in [3.63, 3.8) is 0 Å². The van der Waals surface area contributed by atoms with Crippen molar-refractivity contribution in [3.8, 4) is 0 Å². The Balaban J connectivity index is 1.92. The Kier molecular flexibility index (Phi) is 4.63. The first kappa shape index (κ1) is 18.0. The van der Waals surface area contributed by atoms with Crippen molar-refractivity contribution >= 4 is 23.4 Å². The zero-order chi connectivity index (χ0) is 19.1. The average molecular weight is 385 g/mol. The normalized spacial score (nSPS) is 19.0. The summed E-state index contributed by atoms with van der Waals surface area (Å²) < 4.78 is 13.4. The van der Waals surface area contributed by atoms with Gasteiger partial charge in [0.25, 0.3) is 5.56 Å². The molecule has 2 heterocycles. The lowest BCUT2D eigenvalue weighted by atomic mass is 9.76. The number of Topliss-reactive ketones (excluding diaryl/α,β-unsaturated/α-hetero) is 1. The van der Waals surface area contributed by atoms with E-state index in [1.165, 1.54) is 23.9 Å². The number of ketones is 1. The summed E-state index contributed by atoms with van der Waals surface area (Å²) in [4.78, 5) is 33.1. The maximum Gasteiger partial charge on any atom is 0.257 e. The maximum atomic E-state index is 13.4. The molecule has 0 saturated heterocycles. The summed E-state index contributed by atoms with van der Waals surface area (Å²) in [5.41, 5.74) is 2.31. The largest absolute Gasteiger partial charge is 0.343 e. The number of H-pyrrole nitrogens is 1. The van der Waals surface area contributed by atoms with Crippen LogP contribution in [0.2, 0.25) is 0 Å². The van der Waals surface area contributed by atoms with Crippen molar-refractivity contribution in [2.75, 3.05) is 5.32 Å². The van der Waals surface area contributed by atoms with Crippen LogP contribution in [0, 0.1) is 5.82 Å². The first-order valence-corrected chi connectivity index (χ1v) is 9.91. The number of hydrogen-bond donors (Lipinski definition) is 2. The number of aromatic nitrogens is 2. The second-order valence-electron chi connectivity index (χ2n) is 7.08. The molecule has 0 amide bonds. The van der Waals surface area contributed by atoms with Crippen molar-refractivity contribution in [2.24, 2.45) is 0 Å². The third-order valence-electron chi connectivity index (χ3n) is 4.79. The molecule has 1 aliphatic carbocycles. The molecular formula is C20H20FN3O2S. The fraction of sp³-hybridized carbons (Fsp3) is 0.350. The van der Waals surface area contributed by atoms with Crippen LogP contribution in [-0.2, 0) is 4.79 Å². The van der Waals surface area contributed by atoms with E-state index in [0.29, 0.717) is 28.5 Å². The van der Waals surface area contributed by atoms with E-state index in [-0.39, 0.29) is 22.4 Å². The van der Waals surface area contributed by atoms with Gasteiger partial charge in [0.15, 0.2) is 10.9 Å². The second-order valence-corrected chi connectivity index (χ2v) is 8.64. The number of carbonyl (C=O) groups excluding carboxylic acids is 1. The molecule has 5 nitrogen and oxygen atoms in total. The molecule has 0 fully saturated rings. The van der Waals surface area contributed by atoms with Crippen molar-refractivity contribution < 1.29 is 9.18 Å². The Labute approximate surface area is 160 Å². The van der Waals surface area contributed by atoms with Crippen molar-refractivity contribution in [1.82, 2.24) is 9.97 Å². The molecule has 4 rings (SSSR count). The van der Waals surface area contributed by atoms with Gasteiger partial charge < -0.3 is 10.3 Å². The number of hydrogen-bond acceptors (Lipinski definition) is 5. The molecule has 1 unspecified atom stereocenters. The number of nitrogens with one attached hydrogen (secondary N) is 2. The van der Waals surface area contributed by atoms with E-state index in [1.54, 1.807) is 12.1 Å². The van der Waals surface area contributed by atoms with Gasteiger partial charge in [-0.25, -0.2) is 9.37 Å². The number of anilines is 1. The monoisotopic (exact) mass is 385 g/mol. The molecule has 2 aliphatic rings. The summed E-state index contributed by atoms with van der Waals surface area (Å²) in [5.74, 6) is -0.361. The van der Waals surface area contributed by atoms with Gasteiger partial charge in [-0.15, -0.1) is 0 Å². The van der Waals surface area contributed by atoms with E-state index in [1.807, 2.05) is 13.8 Å². The number of aromatic amines is 1. The van der Waals surface area contributed by atoms with Gasteiger partial charge in [-0.3, -0.25) is 9.59 Å². The number of fused-ring (bicyclic) bond motifs is 1. The van der Waals surface area contributed by atoms with Gasteiger partial charge in [-0.05, 0) is 30.5 Å². The number of thioether (sulfide) groups is 1. The minimum atomic E-state index is -0.529. The highest BCUT2D eigenvalue weighted by Crippen LogP contribution is 2.43. The molecule has 2 N–H and O–H groups in total. The minimum absolute atomic E-state index is 0.0313. The maximum absolute atomic E-state index is 13.4. The van der Waals surface area contributed by atoms with E-state index < -0.39 is 5.92 Å². The predicted molar refractivity (Wildman–Crippen MR) is 104 cm³/mol. The molecule has 0 spiro atoms. The van der Waals surface area contributed by atoms with Crippen LogP contribution in [0.25, 0.3) is 0 Å². The Morgan fingerprint density at radius 2 is 1.93 bits per heavy atom. The van der Waals surface area contributed by atoms with E-state index in [0.717, 1.165) is 24.1 Å². The predicted octanol–water partition coefficient (Wildman–Crippen LogP) is 3.97. The molecule has 1 atom stereocenters. The SMILES string of the molecule is CC(C)Sc1nc2c(c(=O)[nH]1)C(c1ccc(F)cc1)C1=C(CCCC1=O)N2. The first-order chi connectivity index (χ1) is 12.9. The lowest BCUT2D eigenvalue weighted by Crippen LogP contribution is -2.32. The Morgan fingerprint density at radius 3 is 2.63 bits per heavy atom. The van der Waals surface area contributed by atoms with E-state index in [4.69, 9.17) is 0 Å². The van der Waals surface area contributed by atoms with Gasteiger partial charge >= 0.3 is 0 Å². The summed E-state index contributed by atoms with van der Waals surface area (Å²) in [5, 5.41) is 4.05. The molecule has 2 aromatic rings. The quantitative estimate of drug-likeness (QED) is 0.618. The van der Waals surface area contributed by atoms with Gasteiger partial charge in [-0.2, -0.15) is 0 Å². The van der Waals surface area contributed by atoms with Crippen LogP contribution >= 0.6 is 11.8 Å². The van der Waals surface area contributed by atoms with Gasteiger partial charge in [-0.1, -0.05) is 37.7 Å². The highest BCUT2D eigenvalue weighted by atomic mass is 32.2. The fourth-order valence-electron chi connectivity index (χ4n) is 3.71. The summed E-state index contributed by atoms with van der Waals surface area (Å²) in [6.45, 7) is 4.05. The van der Waals surface area contributed by atoms with Crippen LogP contribution in [0.1, 0.15) is 50.2 Å². The highest BCUT2D eigenvalue weighted by molar-refractivity contribution is 7.99. The molecule has 140 valence electrons. The van der Waals surface area contributed by atoms with Crippen LogP contribution in [0.4, 0.5) is 10.2 Å². The molecule has 7 heteroatoms. The summed E-state index contributed by atoms with van der Waals surface area (Å²) in [7, 11) is 0. The fourth-order valence-corrected chi connectivity index (χ4v) is 4.45. The van der Waals surface area contributed by atoms with Crippen LogP contribution in [-0.4, -0.2) is 21.0 Å². The third-order valence-corrected chi connectivity index (χ3v) is 5.68. The summed E-state index contributed by atoms with van der Waals surface area (Å²) >= 11 is 1.48. The first-order valence-electron chi connectivity index (χ1n) is 9.03. The van der Waals surface area contributed by atoms with Gasteiger partial charge in [0.2, 0.25) is 0 Å². The zero-order valence-corrected chi connectivity index (χ0v) is 16.0. The van der Waals surface area contributed by atoms with E-state index in [9.17, 15) is 14.0 Å². The lowest BCUT2D eigenvalue weighted by molar-refractivity contribution is -0.116. The van der Waals surface area contributed by atoms with Crippen molar-refractivity contribution in [2.45, 2.75) is 49.4 Å². The standard InChI is InChI=1S/C20H20FN3O2S/c1-10(2)27-20-23-18-17(19(26)24-20)15(11-6-8-12(21)9-7-11)16-13(22-18)4-3-5-14(16)25/h6-10,15H,3-5H2,1-2H3,(H2,22,23,24,26). The molecule has 1 aliphatic heterocycles. The molecule has 1 aromatic carbocycles. The zero-order valence-electron chi connectivity index (χ0n) is 15.1. The summed E-state index contributed by atoms with van der Waals surface area (Å²) in [6, 6.07) is 5.99. The van der Waals surface area contributed by atoms with Crippen LogP contribution in [0.15, 0.2) is 45.5 Å². The number of carbonyl (C=O) groups is 1. The molecule has 0 saturated carbocycles. The molecule has 0 bridgehead atoms. The van der Waals surface area contributed by atoms with E-state index >= 15 is 0 Å². The van der Waals surface area contributed by atoms with Crippen LogP contribution < -0.4 is 10.9 Å². The van der Waals surface area contributed by atoms with Gasteiger partial charge in [0, 0.05) is 28.9 Å². The van der Waals surface area contributed by atoms with E-state index in [2.05, 4.69) is 15.3 Å². The number of allylic oxidation sites excluding steroid dienone is 2. The Bertz CT molecular complexity index is 995. The number of benzene rings is 1. The molecule has 27 heavy (non-hydrogen) atoms. The number of halogens is 1. The Hall–Kier alpha value is -2.41. The number of rotatable bonds is 3. The third kappa shape index (κ3) is 3.32. The molecule has 1 aromatic heterocycles.